The van der Waals surface area contributed by atoms with Crippen molar-refractivity contribution in [3.05, 3.63) is 76.9 Å². The summed E-state index contributed by atoms with van der Waals surface area (Å²) in [7, 11) is 3.13. The fourth-order valence-corrected chi connectivity index (χ4v) is 6.72. The van der Waals surface area contributed by atoms with Crippen LogP contribution in [0.1, 0.15) is 55.8 Å². The van der Waals surface area contributed by atoms with Gasteiger partial charge in [-0.3, -0.25) is 14.5 Å². The van der Waals surface area contributed by atoms with Crippen molar-refractivity contribution in [2.24, 2.45) is 0 Å². The molecule has 6 rings (SSSR count). The van der Waals surface area contributed by atoms with Gasteiger partial charge in [-0.15, -0.1) is 0 Å². The summed E-state index contributed by atoms with van der Waals surface area (Å²) < 4.78 is 23.7. The van der Waals surface area contributed by atoms with Crippen LogP contribution in [0.2, 0.25) is 0 Å². The van der Waals surface area contributed by atoms with Crippen LogP contribution in [-0.4, -0.2) is 48.7 Å². The van der Waals surface area contributed by atoms with Crippen LogP contribution in [0.3, 0.4) is 0 Å². The van der Waals surface area contributed by atoms with Crippen LogP contribution < -0.4 is 23.8 Å². The Labute approximate surface area is 259 Å². The van der Waals surface area contributed by atoms with Crippen LogP contribution in [0.15, 0.2) is 60.2 Å². The first-order valence-corrected chi connectivity index (χ1v) is 15.5. The molecule has 0 bridgehead atoms. The van der Waals surface area contributed by atoms with Crippen LogP contribution in [0.25, 0.3) is 16.0 Å². The fourth-order valence-electron chi connectivity index (χ4n) is 5.70. The van der Waals surface area contributed by atoms with E-state index in [1.54, 1.807) is 56.7 Å². The van der Waals surface area contributed by atoms with Crippen LogP contribution in [0, 0.1) is 0 Å². The minimum absolute atomic E-state index is 0.0146. The standard InChI is InChI=1S/C34H34N2O7S/c1-5-6-7-14-42-26-13-8-20(17-27(26)41-4)30-29(31(37)21-9-12-25-22(16-21)15-19(2)43-25)32(38)33(39)36(30)34-35-24-11-10-23(40-3)18-28(24)44-34/h8-13,16-19,30,37H,5-7,14-15H2,1-4H3. The summed E-state index contributed by atoms with van der Waals surface area (Å²) in [5, 5.41) is 12.0. The van der Waals surface area contributed by atoms with Gasteiger partial charge in [-0.25, -0.2) is 4.98 Å². The first-order valence-electron chi connectivity index (χ1n) is 14.7. The lowest BCUT2D eigenvalue weighted by molar-refractivity contribution is -0.132. The fraction of sp³-hybridized carbons (Fsp3) is 0.324. The summed E-state index contributed by atoms with van der Waals surface area (Å²) in [6.07, 6.45) is 3.74. The Morgan fingerprint density at radius 2 is 1.89 bits per heavy atom. The normalized spacial score (nSPS) is 18.9. The van der Waals surface area contributed by atoms with E-state index in [0.29, 0.717) is 52.1 Å². The number of hydrogen-bond acceptors (Lipinski definition) is 9. The zero-order valence-corrected chi connectivity index (χ0v) is 25.9. The molecule has 0 radical (unpaired) electrons. The third-order valence-electron chi connectivity index (χ3n) is 7.91. The first kappa shape index (κ1) is 29.5. The van der Waals surface area contributed by atoms with Gasteiger partial charge in [0.15, 0.2) is 16.6 Å². The Morgan fingerprint density at radius 1 is 1.05 bits per heavy atom. The molecule has 0 saturated carbocycles. The number of methoxy groups -OCH3 is 2. The molecule has 1 amide bonds. The Hall–Kier alpha value is -4.57. The van der Waals surface area contributed by atoms with Gasteiger partial charge in [-0.05, 0) is 73.0 Å². The monoisotopic (exact) mass is 614 g/mol. The molecule has 2 unspecified atom stereocenters. The summed E-state index contributed by atoms with van der Waals surface area (Å²) in [6, 6.07) is 15.1. The van der Waals surface area contributed by atoms with Crippen molar-refractivity contribution >= 4 is 44.1 Å². The molecule has 0 spiro atoms. The van der Waals surface area contributed by atoms with E-state index >= 15 is 0 Å². The Kier molecular flexibility index (Phi) is 8.18. The number of carbonyl (C=O) groups is 2. The predicted octanol–water partition coefficient (Wildman–Crippen LogP) is 6.83. The Bertz CT molecular complexity index is 1780. The second kappa shape index (κ2) is 12.2. The van der Waals surface area contributed by atoms with E-state index in [9.17, 15) is 14.7 Å². The van der Waals surface area contributed by atoms with Gasteiger partial charge < -0.3 is 24.1 Å². The highest BCUT2D eigenvalue weighted by Gasteiger charge is 2.48. The summed E-state index contributed by atoms with van der Waals surface area (Å²) in [5.41, 5.74) is 2.56. The average molecular weight is 615 g/mol. The molecule has 2 aliphatic heterocycles. The molecular formula is C34H34N2O7S. The zero-order valence-electron chi connectivity index (χ0n) is 25.1. The lowest BCUT2D eigenvalue weighted by Crippen LogP contribution is -2.29. The smallest absolute Gasteiger partial charge is 0.301 e. The molecular weight excluding hydrogens is 580 g/mol. The molecule has 0 aliphatic carbocycles. The van der Waals surface area contributed by atoms with Crippen molar-refractivity contribution < 1.29 is 33.6 Å². The second-order valence-electron chi connectivity index (χ2n) is 10.9. The molecule has 1 fully saturated rings. The summed E-state index contributed by atoms with van der Waals surface area (Å²) in [6.45, 7) is 4.64. The number of rotatable bonds is 10. The number of aliphatic hydroxyl groups is 1. The molecule has 3 heterocycles. The number of aromatic nitrogens is 1. The molecule has 1 saturated heterocycles. The van der Waals surface area contributed by atoms with Crippen molar-refractivity contribution in [1.82, 2.24) is 4.98 Å². The SMILES string of the molecule is CCCCCOc1ccc(C2C(=C(O)c3ccc4c(c3)CC(C)O4)C(=O)C(=O)N2c2nc3ccc(OC)cc3s2)cc1OC. The third kappa shape index (κ3) is 5.34. The maximum atomic E-state index is 13.8. The van der Waals surface area contributed by atoms with E-state index in [0.717, 1.165) is 35.3 Å². The van der Waals surface area contributed by atoms with Crippen LogP contribution in [0.5, 0.6) is 23.0 Å². The van der Waals surface area contributed by atoms with Crippen LogP contribution in [-0.2, 0) is 16.0 Å². The molecule has 44 heavy (non-hydrogen) atoms. The number of fused-ring (bicyclic) bond motifs is 2. The molecule has 10 heteroatoms. The largest absolute Gasteiger partial charge is 0.507 e. The molecule has 9 nitrogen and oxygen atoms in total. The number of ketones is 1. The minimum Gasteiger partial charge on any atom is -0.507 e. The van der Waals surface area contributed by atoms with Crippen LogP contribution >= 0.6 is 11.3 Å². The van der Waals surface area contributed by atoms with Gasteiger partial charge in [0, 0.05) is 12.0 Å². The summed E-state index contributed by atoms with van der Waals surface area (Å²) >= 11 is 1.27. The van der Waals surface area contributed by atoms with Gasteiger partial charge in [0.1, 0.15) is 23.4 Å². The van der Waals surface area contributed by atoms with Crippen molar-refractivity contribution in [3.63, 3.8) is 0 Å². The molecule has 228 valence electrons. The Morgan fingerprint density at radius 3 is 2.66 bits per heavy atom. The van der Waals surface area contributed by atoms with Crippen LogP contribution in [0.4, 0.5) is 5.13 Å². The number of hydrogen-bond donors (Lipinski definition) is 1. The number of unbranched alkanes of at least 4 members (excludes halogenated alkanes) is 2. The van der Waals surface area contributed by atoms with E-state index in [4.69, 9.17) is 23.9 Å². The van der Waals surface area contributed by atoms with E-state index in [1.807, 2.05) is 19.1 Å². The van der Waals surface area contributed by atoms with Gasteiger partial charge in [0.05, 0.1) is 42.7 Å². The van der Waals surface area contributed by atoms with Crippen molar-refractivity contribution in [2.45, 2.75) is 51.7 Å². The molecule has 2 aliphatic rings. The second-order valence-corrected chi connectivity index (χ2v) is 11.9. The van der Waals surface area contributed by atoms with Crippen molar-refractivity contribution in [2.75, 3.05) is 25.7 Å². The third-order valence-corrected chi connectivity index (χ3v) is 8.93. The zero-order chi connectivity index (χ0) is 31.0. The van der Waals surface area contributed by atoms with E-state index in [-0.39, 0.29) is 17.4 Å². The number of Topliss-reactive ketones (excluding diaryl/α,β-unsaturated/α-hetero) is 1. The van der Waals surface area contributed by atoms with E-state index < -0.39 is 17.7 Å². The number of ether oxygens (including phenoxy) is 4. The van der Waals surface area contributed by atoms with Crippen molar-refractivity contribution in [3.8, 4) is 23.0 Å². The lowest BCUT2D eigenvalue weighted by Gasteiger charge is -2.24. The highest BCUT2D eigenvalue weighted by Crippen LogP contribution is 2.46. The number of carbonyl (C=O) groups excluding carboxylic acids is 2. The molecule has 4 aromatic rings. The topological polar surface area (TPSA) is 107 Å². The first-order chi connectivity index (χ1) is 21.3. The number of anilines is 1. The lowest BCUT2D eigenvalue weighted by atomic mass is 9.94. The molecule has 3 aromatic carbocycles. The van der Waals surface area contributed by atoms with E-state index in [1.165, 1.54) is 16.2 Å². The highest BCUT2D eigenvalue weighted by molar-refractivity contribution is 7.22. The molecule has 2 atom stereocenters. The number of aliphatic hydroxyl groups excluding tert-OH is 1. The van der Waals surface area contributed by atoms with Gasteiger partial charge in [0.25, 0.3) is 5.78 Å². The van der Waals surface area contributed by atoms with Gasteiger partial charge in [0.2, 0.25) is 0 Å². The number of benzene rings is 3. The quantitative estimate of drug-likeness (QED) is 0.0896. The molecule has 1 aromatic heterocycles. The number of thiazole rings is 1. The predicted molar refractivity (Wildman–Crippen MR) is 169 cm³/mol. The number of nitrogens with zero attached hydrogens (tertiary/aromatic N) is 2. The summed E-state index contributed by atoms with van der Waals surface area (Å²) in [5.74, 6) is 0.579. The average Bonchev–Trinajstić information content (AvgIpc) is 3.70. The molecule has 1 N–H and O–H groups in total. The van der Waals surface area contributed by atoms with Gasteiger partial charge in [-0.1, -0.05) is 37.2 Å². The minimum atomic E-state index is -0.969. The van der Waals surface area contributed by atoms with Gasteiger partial charge >= 0.3 is 5.91 Å². The number of amides is 1. The van der Waals surface area contributed by atoms with E-state index in [2.05, 4.69) is 6.92 Å². The maximum Gasteiger partial charge on any atom is 0.301 e. The maximum absolute atomic E-state index is 13.8. The Balaban J connectivity index is 1.48. The van der Waals surface area contributed by atoms with Crippen molar-refractivity contribution in [1.29, 1.82) is 0 Å². The summed E-state index contributed by atoms with van der Waals surface area (Å²) in [4.78, 5) is 33.6. The highest BCUT2D eigenvalue weighted by atomic mass is 32.1. The van der Waals surface area contributed by atoms with Gasteiger partial charge in [-0.2, -0.15) is 0 Å².